The Kier molecular flexibility index (Phi) is 3.17. The second-order valence-corrected chi connectivity index (χ2v) is 5.22. The number of rotatable bonds is 1. The Morgan fingerprint density at radius 3 is 2.65 bits per heavy atom. The SMILES string of the molecule is CCC1Oc2c(cc(Br)c(C)c2C)N(C)C1=O. The van der Waals surface area contributed by atoms with Gasteiger partial charge in [0.2, 0.25) is 0 Å². The van der Waals surface area contributed by atoms with Crippen molar-refractivity contribution in [3.63, 3.8) is 0 Å². The summed E-state index contributed by atoms with van der Waals surface area (Å²) < 4.78 is 6.82. The first-order chi connectivity index (χ1) is 7.97. The van der Waals surface area contributed by atoms with Crippen LogP contribution < -0.4 is 9.64 Å². The number of likely N-dealkylation sites (N-methyl/N-ethyl adjacent to an activating group) is 1. The smallest absolute Gasteiger partial charge is 0.267 e. The van der Waals surface area contributed by atoms with Gasteiger partial charge in [-0.3, -0.25) is 4.79 Å². The second kappa shape index (κ2) is 4.33. The van der Waals surface area contributed by atoms with E-state index < -0.39 is 0 Å². The fourth-order valence-electron chi connectivity index (χ4n) is 2.02. The third-order valence-corrected chi connectivity index (χ3v) is 4.18. The van der Waals surface area contributed by atoms with E-state index in [9.17, 15) is 4.79 Å². The number of hydrogen-bond acceptors (Lipinski definition) is 2. The Balaban J connectivity index is 2.61. The molecule has 1 aliphatic rings. The van der Waals surface area contributed by atoms with Crippen molar-refractivity contribution in [3.05, 3.63) is 21.7 Å². The summed E-state index contributed by atoms with van der Waals surface area (Å²) >= 11 is 3.51. The first kappa shape index (κ1) is 12.4. The van der Waals surface area contributed by atoms with Crippen LogP contribution in [0.25, 0.3) is 0 Å². The quantitative estimate of drug-likeness (QED) is 0.797. The van der Waals surface area contributed by atoms with E-state index in [0.29, 0.717) is 6.42 Å². The van der Waals surface area contributed by atoms with Crippen LogP contribution in [0.1, 0.15) is 24.5 Å². The Morgan fingerprint density at radius 1 is 1.41 bits per heavy atom. The number of nitrogens with zero attached hydrogens (tertiary/aromatic N) is 1. The molecule has 1 aromatic carbocycles. The Bertz CT molecular complexity index is 485. The largest absolute Gasteiger partial charge is 0.478 e. The average molecular weight is 298 g/mol. The Morgan fingerprint density at radius 2 is 2.06 bits per heavy atom. The summed E-state index contributed by atoms with van der Waals surface area (Å²) in [7, 11) is 1.80. The molecule has 0 fully saturated rings. The lowest BCUT2D eigenvalue weighted by atomic mass is 10.0. The molecule has 1 atom stereocenters. The fraction of sp³-hybridized carbons (Fsp3) is 0.462. The van der Waals surface area contributed by atoms with Crippen molar-refractivity contribution in [2.45, 2.75) is 33.3 Å². The van der Waals surface area contributed by atoms with Gasteiger partial charge in [0.15, 0.2) is 6.10 Å². The molecule has 92 valence electrons. The number of halogens is 1. The lowest BCUT2D eigenvalue weighted by molar-refractivity contribution is -0.126. The van der Waals surface area contributed by atoms with E-state index in [1.165, 1.54) is 0 Å². The molecule has 0 saturated carbocycles. The molecule has 0 aliphatic carbocycles. The summed E-state index contributed by atoms with van der Waals surface area (Å²) in [5, 5.41) is 0. The van der Waals surface area contributed by atoms with E-state index in [4.69, 9.17) is 4.74 Å². The van der Waals surface area contributed by atoms with Crippen LogP contribution in [-0.4, -0.2) is 19.1 Å². The van der Waals surface area contributed by atoms with Crippen LogP contribution in [0.2, 0.25) is 0 Å². The molecule has 4 heteroatoms. The van der Waals surface area contributed by atoms with Crippen LogP contribution in [0.4, 0.5) is 5.69 Å². The molecule has 0 bridgehead atoms. The van der Waals surface area contributed by atoms with Gasteiger partial charge in [0.25, 0.3) is 5.91 Å². The molecule has 0 N–H and O–H groups in total. The number of anilines is 1. The van der Waals surface area contributed by atoms with E-state index in [2.05, 4.69) is 15.9 Å². The monoisotopic (exact) mass is 297 g/mol. The molecule has 1 aliphatic heterocycles. The molecule has 0 aromatic heterocycles. The van der Waals surface area contributed by atoms with Gasteiger partial charge in [0.1, 0.15) is 5.75 Å². The lowest BCUT2D eigenvalue weighted by Gasteiger charge is -2.33. The van der Waals surface area contributed by atoms with Crippen molar-refractivity contribution in [1.29, 1.82) is 0 Å². The van der Waals surface area contributed by atoms with Gasteiger partial charge in [-0.2, -0.15) is 0 Å². The molecule has 0 spiro atoms. The van der Waals surface area contributed by atoms with Crippen molar-refractivity contribution < 1.29 is 9.53 Å². The van der Waals surface area contributed by atoms with Crippen LogP contribution in [0.3, 0.4) is 0 Å². The van der Waals surface area contributed by atoms with Gasteiger partial charge in [-0.25, -0.2) is 0 Å². The maximum Gasteiger partial charge on any atom is 0.267 e. The zero-order valence-electron chi connectivity index (χ0n) is 10.5. The van der Waals surface area contributed by atoms with Gasteiger partial charge in [-0.1, -0.05) is 22.9 Å². The maximum absolute atomic E-state index is 12.0. The Labute approximate surface area is 110 Å². The number of carbonyl (C=O) groups excluding carboxylic acids is 1. The van der Waals surface area contributed by atoms with Gasteiger partial charge >= 0.3 is 0 Å². The highest BCUT2D eigenvalue weighted by molar-refractivity contribution is 9.10. The summed E-state index contributed by atoms with van der Waals surface area (Å²) in [5.74, 6) is 0.856. The molecule has 0 radical (unpaired) electrons. The zero-order chi connectivity index (χ0) is 12.7. The zero-order valence-corrected chi connectivity index (χ0v) is 12.1. The van der Waals surface area contributed by atoms with E-state index in [1.54, 1.807) is 11.9 Å². The number of hydrogen-bond donors (Lipinski definition) is 0. The van der Waals surface area contributed by atoms with Gasteiger partial charge in [0, 0.05) is 11.5 Å². The van der Waals surface area contributed by atoms with Crippen molar-refractivity contribution >= 4 is 27.5 Å². The molecule has 3 nitrogen and oxygen atoms in total. The number of ether oxygens (including phenoxy) is 1. The summed E-state index contributed by atoms with van der Waals surface area (Å²) in [6, 6.07) is 1.95. The summed E-state index contributed by atoms with van der Waals surface area (Å²) in [4.78, 5) is 13.7. The minimum absolute atomic E-state index is 0.0233. The van der Waals surface area contributed by atoms with E-state index in [0.717, 1.165) is 27.0 Å². The summed E-state index contributed by atoms with van der Waals surface area (Å²) in [5.41, 5.74) is 3.09. The minimum atomic E-state index is -0.355. The first-order valence-corrected chi connectivity index (χ1v) is 6.50. The first-order valence-electron chi connectivity index (χ1n) is 5.71. The number of fused-ring (bicyclic) bond motifs is 1. The minimum Gasteiger partial charge on any atom is -0.478 e. The molecule has 1 aromatic rings. The highest BCUT2D eigenvalue weighted by atomic mass is 79.9. The van der Waals surface area contributed by atoms with Gasteiger partial charge < -0.3 is 9.64 Å². The lowest BCUT2D eigenvalue weighted by Crippen LogP contribution is -2.43. The predicted molar refractivity (Wildman–Crippen MR) is 71.7 cm³/mol. The highest BCUT2D eigenvalue weighted by Crippen LogP contribution is 2.41. The van der Waals surface area contributed by atoms with Gasteiger partial charge in [-0.15, -0.1) is 0 Å². The van der Waals surface area contributed by atoms with Crippen LogP contribution in [0.15, 0.2) is 10.5 Å². The fourth-order valence-corrected chi connectivity index (χ4v) is 2.53. The Hall–Kier alpha value is -1.03. The average Bonchev–Trinajstić information content (AvgIpc) is 2.32. The molecular formula is C13H16BrNO2. The number of benzene rings is 1. The van der Waals surface area contributed by atoms with Crippen molar-refractivity contribution in [3.8, 4) is 5.75 Å². The van der Waals surface area contributed by atoms with E-state index in [1.807, 2.05) is 26.8 Å². The topological polar surface area (TPSA) is 29.5 Å². The molecular weight excluding hydrogens is 282 g/mol. The van der Waals surface area contributed by atoms with E-state index in [-0.39, 0.29) is 12.0 Å². The standard InChI is InChI=1S/C13H16BrNO2/c1-5-11-13(16)15(4)10-6-9(14)7(2)8(3)12(10)17-11/h6,11H,5H2,1-4H3. The molecule has 17 heavy (non-hydrogen) atoms. The molecule has 0 saturated heterocycles. The van der Waals surface area contributed by atoms with Crippen LogP contribution >= 0.6 is 15.9 Å². The van der Waals surface area contributed by atoms with Crippen LogP contribution in [0, 0.1) is 13.8 Å². The molecule has 2 rings (SSSR count). The van der Waals surface area contributed by atoms with Gasteiger partial charge in [-0.05, 0) is 37.5 Å². The predicted octanol–water partition coefficient (Wildman–Crippen LogP) is 3.20. The normalized spacial score (nSPS) is 19.0. The van der Waals surface area contributed by atoms with E-state index >= 15 is 0 Å². The molecule has 1 amide bonds. The van der Waals surface area contributed by atoms with Crippen molar-refractivity contribution in [2.24, 2.45) is 0 Å². The van der Waals surface area contributed by atoms with Crippen molar-refractivity contribution in [1.82, 2.24) is 0 Å². The summed E-state index contributed by atoms with van der Waals surface area (Å²) in [6.07, 6.45) is 0.337. The second-order valence-electron chi connectivity index (χ2n) is 4.37. The van der Waals surface area contributed by atoms with Gasteiger partial charge in [0.05, 0.1) is 5.69 Å². The number of amides is 1. The third-order valence-electron chi connectivity index (χ3n) is 3.36. The van der Waals surface area contributed by atoms with Crippen LogP contribution in [-0.2, 0) is 4.79 Å². The van der Waals surface area contributed by atoms with Crippen molar-refractivity contribution in [2.75, 3.05) is 11.9 Å². The highest BCUT2D eigenvalue weighted by Gasteiger charge is 2.32. The van der Waals surface area contributed by atoms with Crippen LogP contribution in [0.5, 0.6) is 5.75 Å². The number of carbonyl (C=O) groups is 1. The molecule has 1 heterocycles. The molecule has 1 unspecified atom stereocenters. The maximum atomic E-state index is 12.0. The summed E-state index contributed by atoms with van der Waals surface area (Å²) in [6.45, 7) is 6.03. The third kappa shape index (κ3) is 1.84.